The molecule has 0 bridgehead atoms. The van der Waals surface area contributed by atoms with Crippen LogP contribution in [0.15, 0.2) is 17.8 Å². The molecular formula is C13H14N2S. The van der Waals surface area contributed by atoms with Gasteiger partial charge in [0.25, 0.3) is 0 Å². The molecule has 2 aromatic rings. The van der Waals surface area contributed by atoms with Gasteiger partial charge in [0.1, 0.15) is 0 Å². The maximum absolute atomic E-state index is 5.97. The second kappa shape index (κ2) is 3.32. The topological polar surface area (TPSA) is 38.9 Å². The minimum Gasteiger partial charge on any atom is -0.402 e. The lowest BCUT2D eigenvalue weighted by atomic mass is 10.1. The number of fused-ring (bicyclic) bond motifs is 3. The van der Waals surface area contributed by atoms with Crippen molar-refractivity contribution in [3.8, 4) is 0 Å². The Kier molecular flexibility index (Phi) is 2.04. The fraction of sp³-hybridized carbons (Fsp3) is 0.308. The van der Waals surface area contributed by atoms with Gasteiger partial charge in [0.2, 0.25) is 0 Å². The minimum absolute atomic E-state index is 0.956. The number of nitrogens with zero attached hydrogens (tertiary/aromatic N) is 1. The van der Waals surface area contributed by atoms with Crippen LogP contribution in [0.4, 0.5) is 0 Å². The Morgan fingerprint density at radius 1 is 1.38 bits per heavy atom. The fourth-order valence-electron chi connectivity index (χ4n) is 2.46. The van der Waals surface area contributed by atoms with Crippen molar-refractivity contribution in [2.24, 2.45) is 5.73 Å². The number of nitrogens with two attached hydrogens (primary N) is 1. The van der Waals surface area contributed by atoms with Crippen molar-refractivity contribution < 1.29 is 0 Å². The molecule has 0 spiro atoms. The van der Waals surface area contributed by atoms with Crippen LogP contribution in [0.25, 0.3) is 15.8 Å². The average Bonchev–Trinajstić information content (AvgIpc) is 2.77. The zero-order chi connectivity index (χ0) is 11.3. The van der Waals surface area contributed by atoms with E-state index >= 15 is 0 Å². The van der Waals surface area contributed by atoms with Crippen molar-refractivity contribution in [1.29, 1.82) is 0 Å². The maximum atomic E-state index is 5.97. The Bertz CT molecular complexity index is 604. The zero-order valence-electron chi connectivity index (χ0n) is 9.50. The summed E-state index contributed by atoms with van der Waals surface area (Å²) in [6.45, 7) is 4.06. The predicted octanol–water partition coefficient (Wildman–Crippen LogP) is 3.24. The monoisotopic (exact) mass is 230 g/mol. The Balaban J connectivity index is 2.41. The van der Waals surface area contributed by atoms with Crippen molar-refractivity contribution >= 4 is 27.1 Å². The van der Waals surface area contributed by atoms with Gasteiger partial charge in [-0.2, -0.15) is 0 Å². The molecule has 0 saturated heterocycles. The number of aryl methyl sites for hydroxylation is 2. The summed E-state index contributed by atoms with van der Waals surface area (Å²) in [5, 5.41) is 1.13. The molecule has 16 heavy (non-hydrogen) atoms. The summed E-state index contributed by atoms with van der Waals surface area (Å²) in [5.74, 6) is 0. The van der Waals surface area contributed by atoms with E-state index in [1.165, 1.54) is 21.4 Å². The van der Waals surface area contributed by atoms with Crippen LogP contribution in [0, 0.1) is 6.92 Å². The molecule has 3 heteroatoms. The molecule has 2 N–H and O–H groups in total. The van der Waals surface area contributed by atoms with Crippen LogP contribution in [-0.4, -0.2) is 4.98 Å². The highest BCUT2D eigenvalue weighted by atomic mass is 32.1. The molecule has 0 atom stereocenters. The fourth-order valence-corrected chi connectivity index (χ4v) is 3.48. The van der Waals surface area contributed by atoms with Gasteiger partial charge in [-0.3, -0.25) is 0 Å². The molecule has 0 aliphatic heterocycles. The lowest BCUT2D eigenvalue weighted by Gasteiger charge is -2.04. The highest BCUT2D eigenvalue weighted by Crippen LogP contribution is 2.40. The van der Waals surface area contributed by atoms with Crippen molar-refractivity contribution in [1.82, 2.24) is 4.98 Å². The first-order valence-electron chi connectivity index (χ1n) is 5.51. The summed E-state index contributed by atoms with van der Waals surface area (Å²) in [5.41, 5.74) is 12.2. The van der Waals surface area contributed by atoms with E-state index in [-0.39, 0.29) is 0 Å². The first-order valence-corrected chi connectivity index (χ1v) is 6.33. The minimum atomic E-state index is 0.956. The quantitative estimate of drug-likeness (QED) is 0.754. The van der Waals surface area contributed by atoms with Gasteiger partial charge in [-0.25, -0.2) is 4.98 Å². The van der Waals surface area contributed by atoms with E-state index in [2.05, 4.69) is 24.0 Å². The van der Waals surface area contributed by atoms with Crippen LogP contribution in [0.2, 0.25) is 0 Å². The van der Waals surface area contributed by atoms with Crippen LogP contribution < -0.4 is 5.73 Å². The summed E-state index contributed by atoms with van der Waals surface area (Å²) in [6, 6.07) is 4.33. The summed E-state index contributed by atoms with van der Waals surface area (Å²) in [4.78, 5) is 4.54. The standard InChI is InChI=1S/C13H14N2S/c1-7(14)10-5-3-9-4-6-11-13(12(9)10)16-8(2)15-11/h4,6H,3,5,14H2,1-2H3. The Hall–Kier alpha value is -1.35. The normalized spacial score (nSPS) is 17.9. The molecule has 82 valence electrons. The van der Waals surface area contributed by atoms with E-state index in [9.17, 15) is 0 Å². The second-order valence-corrected chi connectivity index (χ2v) is 5.55. The van der Waals surface area contributed by atoms with Gasteiger partial charge < -0.3 is 5.73 Å². The van der Waals surface area contributed by atoms with E-state index in [4.69, 9.17) is 5.73 Å². The molecule has 0 amide bonds. The third-order valence-corrected chi connectivity index (χ3v) is 4.18. The van der Waals surface area contributed by atoms with Crippen LogP contribution in [0.5, 0.6) is 0 Å². The molecule has 0 fully saturated rings. The molecule has 0 saturated carbocycles. The van der Waals surface area contributed by atoms with E-state index < -0.39 is 0 Å². The molecule has 1 aromatic heterocycles. The molecule has 1 aliphatic carbocycles. The largest absolute Gasteiger partial charge is 0.402 e. The summed E-state index contributed by atoms with van der Waals surface area (Å²) >= 11 is 1.78. The number of benzene rings is 1. The number of thiazole rings is 1. The van der Waals surface area contributed by atoms with E-state index in [0.717, 1.165) is 29.1 Å². The molecule has 0 unspecified atom stereocenters. The molecule has 1 aromatic carbocycles. The van der Waals surface area contributed by atoms with E-state index in [1.54, 1.807) is 11.3 Å². The van der Waals surface area contributed by atoms with Gasteiger partial charge in [-0.1, -0.05) is 6.07 Å². The molecule has 1 aliphatic rings. The van der Waals surface area contributed by atoms with Crippen molar-refractivity contribution in [2.45, 2.75) is 26.7 Å². The third-order valence-electron chi connectivity index (χ3n) is 3.17. The summed E-state index contributed by atoms with van der Waals surface area (Å²) in [7, 11) is 0. The lowest BCUT2D eigenvalue weighted by molar-refractivity contribution is 1.07. The average molecular weight is 230 g/mol. The van der Waals surface area contributed by atoms with Crippen LogP contribution in [0.3, 0.4) is 0 Å². The highest BCUT2D eigenvalue weighted by molar-refractivity contribution is 7.18. The van der Waals surface area contributed by atoms with Gasteiger partial charge in [-0.15, -0.1) is 11.3 Å². The SMILES string of the molecule is CC(N)=C1CCc2ccc3nc(C)sc3c21. The van der Waals surface area contributed by atoms with Crippen molar-refractivity contribution in [3.63, 3.8) is 0 Å². The lowest BCUT2D eigenvalue weighted by Crippen LogP contribution is -1.95. The molecule has 0 radical (unpaired) electrons. The van der Waals surface area contributed by atoms with Crippen LogP contribution >= 0.6 is 11.3 Å². The van der Waals surface area contributed by atoms with E-state index in [0.29, 0.717) is 0 Å². The van der Waals surface area contributed by atoms with Crippen LogP contribution in [-0.2, 0) is 6.42 Å². The molecule has 2 nitrogen and oxygen atoms in total. The zero-order valence-corrected chi connectivity index (χ0v) is 10.3. The van der Waals surface area contributed by atoms with Gasteiger partial charge in [0, 0.05) is 11.3 Å². The first-order chi connectivity index (χ1) is 7.66. The maximum Gasteiger partial charge on any atom is 0.0907 e. The van der Waals surface area contributed by atoms with Gasteiger partial charge in [-0.05, 0) is 43.9 Å². The van der Waals surface area contributed by atoms with Crippen molar-refractivity contribution in [2.75, 3.05) is 0 Å². The molecule has 1 heterocycles. The first kappa shape index (κ1) is 9.85. The Morgan fingerprint density at radius 2 is 2.19 bits per heavy atom. The Morgan fingerprint density at radius 3 is 2.94 bits per heavy atom. The summed E-state index contributed by atoms with van der Waals surface area (Å²) in [6.07, 6.45) is 2.19. The van der Waals surface area contributed by atoms with Crippen LogP contribution in [0.1, 0.15) is 29.5 Å². The second-order valence-electron chi connectivity index (χ2n) is 4.34. The number of rotatable bonds is 0. The highest BCUT2D eigenvalue weighted by Gasteiger charge is 2.21. The van der Waals surface area contributed by atoms with Gasteiger partial charge >= 0.3 is 0 Å². The van der Waals surface area contributed by atoms with E-state index in [1.807, 2.05) is 6.92 Å². The third kappa shape index (κ3) is 1.28. The number of aromatic nitrogens is 1. The molecule has 3 rings (SSSR count). The smallest absolute Gasteiger partial charge is 0.0907 e. The number of allylic oxidation sites excluding steroid dienone is 2. The van der Waals surface area contributed by atoms with Crippen molar-refractivity contribution in [3.05, 3.63) is 34.0 Å². The number of hydrogen-bond acceptors (Lipinski definition) is 3. The van der Waals surface area contributed by atoms with Gasteiger partial charge in [0.05, 0.1) is 15.2 Å². The predicted molar refractivity (Wildman–Crippen MR) is 69.5 cm³/mol. The Labute approximate surface area is 98.8 Å². The van der Waals surface area contributed by atoms with Gasteiger partial charge in [0.15, 0.2) is 0 Å². The molecular weight excluding hydrogens is 216 g/mol. The summed E-state index contributed by atoms with van der Waals surface area (Å²) < 4.78 is 1.31. The number of hydrogen-bond donors (Lipinski definition) is 1.